The first-order chi connectivity index (χ1) is 17.6. The van der Waals surface area contributed by atoms with Gasteiger partial charge in [-0.15, -0.1) is 5.10 Å². The maximum atomic E-state index is 10.8. The summed E-state index contributed by atoms with van der Waals surface area (Å²) < 4.78 is 0. The van der Waals surface area contributed by atoms with E-state index in [0.29, 0.717) is 22.3 Å². The van der Waals surface area contributed by atoms with Crippen LogP contribution in [-0.2, 0) is 0 Å². The third-order valence-electron chi connectivity index (χ3n) is 6.38. The van der Waals surface area contributed by atoms with Crippen LogP contribution in [0.15, 0.2) is 91.4 Å². The second kappa shape index (κ2) is 8.82. The molecule has 0 spiro atoms. The highest BCUT2D eigenvalue weighted by Gasteiger charge is 2.15. The summed E-state index contributed by atoms with van der Waals surface area (Å²) in [6.45, 7) is 4.30. The predicted molar refractivity (Wildman–Crippen MR) is 142 cm³/mol. The number of phenolic OH excluding ortho intramolecular Hbond substituents is 1. The Balaban J connectivity index is 1.51. The van der Waals surface area contributed by atoms with Crippen LogP contribution < -0.4 is 0 Å². The van der Waals surface area contributed by atoms with E-state index in [0.717, 1.165) is 38.9 Å². The summed E-state index contributed by atoms with van der Waals surface area (Å²) in [7, 11) is 0. The lowest BCUT2D eigenvalue weighted by atomic mass is 9.96. The maximum Gasteiger partial charge on any atom is 0.127 e. The van der Waals surface area contributed by atoms with Crippen molar-refractivity contribution in [2.75, 3.05) is 0 Å². The number of hydrogen-bond donors (Lipinski definition) is 1. The third-order valence-corrected chi connectivity index (χ3v) is 6.38. The van der Waals surface area contributed by atoms with Crippen molar-refractivity contribution in [3.63, 3.8) is 0 Å². The molecule has 0 fully saturated rings. The maximum absolute atomic E-state index is 10.8. The minimum Gasteiger partial charge on any atom is -0.507 e. The van der Waals surface area contributed by atoms with Crippen LogP contribution in [-0.4, -0.2) is 30.3 Å². The Morgan fingerprint density at radius 2 is 1.50 bits per heavy atom. The molecule has 6 aromatic rings. The van der Waals surface area contributed by atoms with E-state index in [9.17, 15) is 5.11 Å². The Morgan fingerprint density at radius 3 is 2.33 bits per heavy atom. The normalized spacial score (nSPS) is 11.4. The van der Waals surface area contributed by atoms with Crippen molar-refractivity contribution < 1.29 is 5.11 Å². The molecule has 3 aromatic carbocycles. The molecule has 0 saturated carbocycles. The zero-order valence-corrected chi connectivity index (χ0v) is 19.9. The zero-order valence-electron chi connectivity index (χ0n) is 19.9. The van der Waals surface area contributed by atoms with Gasteiger partial charge in [0.15, 0.2) is 0 Å². The van der Waals surface area contributed by atoms with E-state index >= 15 is 0 Å². The molecule has 0 radical (unpaired) electrons. The number of nitrogens with zero attached hydrogens (tertiary/aromatic N) is 5. The molecule has 6 rings (SSSR count). The average molecular weight is 470 g/mol. The van der Waals surface area contributed by atoms with Crippen molar-refractivity contribution in [1.29, 1.82) is 0 Å². The van der Waals surface area contributed by atoms with Crippen LogP contribution in [0, 0.1) is 0 Å². The van der Waals surface area contributed by atoms with Crippen LogP contribution in [0.2, 0.25) is 0 Å². The predicted octanol–water partition coefficient (Wildman–Crippen LogP) is 6.80. The van der Waals surface area contributed by atoms with Crippen molar-refractivity contribution >= 4 is 21.8 Å². The molecular weight excluding hydrogens is 446 g/mol. The first kappa shape index (κ1) is 21.8. The molecule has 0 unspecified atom stereocenters. The molecule has 6 heteroatoms. The summed E-state index contributed by atoms with van der Waals surface area (Å²) in [4.78, 5) is 13.7. The van der Waals surface area contributed by atoms with E-state index in [1.807, 2.05) is 48.5 Å². The van der Waals surface area contributed by atoms with E-state index in [1.54, 1.807) is 24.7 Å². The minimum atomic E-state index is 0.127. The van der Waals surface area contributed by atoms with Gasteiger partial charge in [0, 0.05) is 45.9 Å². The number of hydrogen-bond acceptors (Lipinski definition) is 6. The molecule has 3 heterocycles. The van der Waals surface area contributed by atoms with E-state index in [2.05, 4.69) is 52.2 Å². The van der Waals surface area contributed by atoms with E-state index in [-0.39, 0.29) is 11.7 Å². The summed E-state index contributed by atoms with van der Waals surface area (Å²) in [5, 5.41) is 21.6. The van der Waals surface area contributed by atoms with Crippen molar-refractivity contribution in [1.82, 2.24) is 25.1 Å². The highest BCUT2D eigenvalue weighted by molar-refractivity contribution is 5.94. The lowest BCUT2D eigenvalue weighted by Gasteiger charge is -2.14. The first-order valence-electron chi connectivity index (χ1n) is 11.8. The highest BCUT2D eigenvalue weighted by Crippen LogP contribution is 2.35. The van der Waals surface area contributed by atoms with Crippen molar-refractivity contribution in [2.45, 2.75) is 19.8 Å². The second-order valence-electron chi connectivity index (χ2n) is 9.10. The third kappa shape index (κ3) is 3.92. The topological polar surface area (TPSA) is 84.7 Å². The van der Waals surface area contributed by atoms with Crippen LogP contribution in [0.4, 0.5) is 0 Å². The summed E-state index contributed by atoms with van der Waals surface area (Å²) >= 11 is 0. The van der Waals surface area contributed by atoms with Gasteiger partial charge in [0.2, 0.25) is 0 Å². The van der Waals surface area contributed by atoms with Crippen LogP contribution >= 0.6 is 0 Å². The molecular formula is C30H23N5O. The van der Waals surface area contributed by atoms with E-state index in [1.165, 1.54) is 0 Å². The number of benzene rings is 3. The molecule has 0 amide bonds. The van der Waals surface area contributed by atoms with Gasteiger partial charge >= 0.3 is 0 Å². The zero-order chi connectivity index (χ0) is 24.6. The van der Waals surface area contributed by atoms with Gasteiger partial charge in [0.1, 0.15) is 11.4 Å². The Morgan fingerprint density at radius 1 is 0.750 bits per heavy atom. The van der Waals surface area contributed by atoms with Gasteiger partial charge in [-0.25, -0.2) is 4.98 Å². The molecule has 0 aliphatic heterocycles. The average Bonchev–Trinajstić information content (AvgIpc) is 2.92. The van der Waals surface area contributed by atoms with Crippen molar-refractivity contribution in [3.05, 3.63) is 97.0 Å². The molecule has 0 aliphatic rings. The molecule has 0 atom stereocenters. The Hall–Kier alpha value is -4.71. The van der Waals surface area contributed by atoms with Gasteiger partial charge in [-0.1, -0.05) is 56.3 Å². The number of pyridine rings is 1. The second-order valence-corrected chi connectivity index (χ2v) is 9.10. The quantitative estimate of drug-likeness (QED) is 0.306. The number of rotatable bonds is 4. The summed E-state index contributed by atoms with van der Waals surface area (Å²) in [5.41, 5.74) is 7.39. The fourth-order valence-corrected chi connectivity index (χ4v) is 4.44. The summed E-state index contributed by atoms with van der Waals surface area (Å²) in [6, 6.07) is 23.9. The highest BCUT2D eigenvalue weighted by atomic mass is 16.3. The molecule has 3 aromatic heterocycles. The van der Waals surface area contributed by atoms with Crippen LogP contribution in [0.3, 0.4) is 0 Å². The van der Waals surface area contributed by atoms with Crippen molar-refractivity contribution in [2.24, 2.45) is 0 Å². The minimum absolute atomic E-state index is 0.127. The van der Waals surface area contributed by atoms with E-state index in [4.69, 9.17) is 4.98 Å². The van der Waals surface area contributed by atoms with Gasteiger partial charge in [-0.3, -0.25) is 9.97 Å². The molecule has 0 saturated heterocycles. The summed E-state index contributed by atoms with van der Waals surface area (Å²) in [5.74, 6) is 0.405. The fourth-order valence-electron chi connectivity index (χ4n) is 4.44. The molecule has 0 aliphatic carbocycles. The Labute approximate surface area is 208 Å². The summed E-state index contributed by atoms with van der Waals surface area (Å²) in [6.07, 6.45) is 5.04. The Bertz CT molecular complexity index is 1740. The van der Waals surface area contributed by atoms with Crippen LogP contribution in [0.25, 0.3) is 55.6 Å². The fraction of sp³-hybridized carbons (Fsp3) is 0.100. The number of aromatic hydroxyl groups is 1. The van der Waals surface area contributed by atoms with Gasteiger partial charge in [0.25, 0.3) is 0 Å². The van der Waals surface area contributed by atoms with Crippen LogP contribution in [0.1, 0.15) is 25.3 Å². The SMILES string of the molecule is CC(C)c1cc(-c2cccc(-c3nncc4ccccc34)c2)nc(-c2cc3nccnc3cc2O)c1. The molecule has 0 bridgehead atoms. The Kier molecular flexibility index (Phi) is 5.34. The number of phenols is 1. The molecule has 36 heavy (non-hydrogen) atoms. The van der Waals surface area contributed by atoms with Gasteiger partial charge < -0.3 is 5.11 Å². The van der Waals surface area contributed by atoms with Crippen molar-refractivity contribution in [3.8, 4) is 39.5 Å². The van der Waals surface area contributed by atoms with Gasteiger partial charge in [0.05, 0.1) is 28.6 Å². The van der Waals surface area contributed by atoms with E-state index < -0.39 is 0 Å². The standard InChI is InChI=1S/C30H23N5O/c1-18(2)22-13-25(34-26(14-22)24-15-27-28(16-29(24)36)32-11-10-31-27)19-7-5-8-20(12-19)30-23-9-4-3-6-21(23)17-33-35-30/h3-18,36H,1-2H3. The van der Waals surface area contributed by atoms with Gasteiger partial charge in [-0.05, 0) is 35.7 Å². The number of aromatic nitrogens is 5. The first-order valence-corrected chi connectivity index (χ1v) is 11.8. The molecule has 1 N–H and O–H groups in total. The smallest absolute Gasteiger partial charge is 0.127 e. The number of fused-ring (bicyclic) bond motifs is 2. The molecule has 6 nitrogen and oxygen atoms in total. The molecule has 174 valence electrons. The van der Waals surface area contributed by atoms with Gasteiger partial charge in [-0.2, -0.15) is 5.10 Å². The largest absolute Gasteiger partial charge is 0.507 e. The van der Waals surface area contributed by atoms with Crippen LogP contribution in [0.5, 0.6) is 5.75 Å². The lowest BCUT2D eigenvalue weighted by Crippen LogP contribution is -1.96. The monoisotopic (exact) mass is 469 g/mol. The lowest BCUT2D eigenvalue weighted by molar-refractivity contribution is 0.478.